The Balaban J connectivity index is 1.37. The minimum Gasteiger partial charge on any atom is -0.317 e. The lowest BCUT2D eigenvalue weighted by Gasteiger charge is -2.27. The van der Waals surface area contributed by atoms with Gasteiger partial charge in [-0.3, -0.25) is 4.90 Å². The summed E-state index contributed by atoms with van der Waals surface area (Å²) in [5, 5.41) is 5.73. The van der Waals surface area contributed by atoms with Crippen LogP contribution in [0, 0.1) is 11.3 Å². The van der Waals surface area contributed by atoms with Crippen molar-refractivity contribution in [1.29, 1.82) is 0 Å². The van der Waals surface area contributed by atoms with E-state index in [2.05, 4.69) is 27.7 Å². The summed E-state index contributed by atoms with van der Waals surface area (Å²) in [5.41, 5.74) is 0.744. The van der Waals surface area contributed by atoms with Gasteiger partial charge in [0.1, 0.15) is 0 Å². The Hall–Kier alpha value is -0.380. The molecule has 2 aliphatic carbocycles. The Kier molecular flexibility index (Phi) is 3.17. The second-order valence-electron chi connectivity index (χ2n) is 6.75. The molecule has 3 aliphatic rings. The SMILES string of the molecule is c1csc(CN(CC2CC23CCNCC3)C2CC2)c1. The highest BCUT2D eigenvalue weighted by Gasteiger charge is 2.54. The molecule has 1 saturated heterocycles. The molecule has 1 spiro atoms. The number of rotatable bonds is 5. The van der Waals surface area contributed by atoms with Gasteiger partial charge in [-0.25, -0.2) is 0 Å². The smallest absolute Gasteiger partial charge is 0.0330 e. The normalized spacial score (nSPS) is 29.0. The van der Waals surface area contributed by atoms with Crippen LogP contribution in [-0.2, 0) is 6.54 Å². The molecular formula is C16H24N2S. The fourth-order valence-electron chi connectivity index (χ4n) is 3.90. The molecule has 1 aromatic rings. The molecule has 1 N–H and O–H groups in total. The quantitative estimate of drug-likeness (QED) is 0.889. The number of piperidine rings is 1. The van der Waals surface area contributed by atoms with Crippen LogP contribution < -0.4 is 5.32 Å². The lowest BCUT2D eigenvalue weighted by Crippen LogP contribution is -2.33. The van der Waals surface area contributed by atoms with Crippen LogP contribution >= 0.6 is 11.3 Å². The molecule has 104 valence electrons. The maximum atomic E-state index is 3.51. The summed E-state index contributed by atoms with van der Waals surface area (Å²) >= 11 is 1.92. The van der Waals surface area contributed by atoms with Gasteiger partial charge >= 0.3 is 0 Å². The van der Waals surface area contributed by atoms with Crippen molar-refractivity contribution in [3.63, 3.8) is 0 Å². The van der Waals surface area contributed by atoms with Crippen molar-refractivity contribution in [1.82, 2.24) is 10.2 Å². The van der Waals surface area contributed by atoms with Crippen LogP contribution in [-0.4, -0.2) is 30.6 Å². The Morgan fingerprint density at radius 3 is 2.84 bits per heavy atom. The highest BCUT2D eigenvalue weighted by molar-refractivity contribution is 7.09. The van der Waals surface area contributed by atoms with Crippen molar-refractivity contribution >= 4 is 11.3 Å². The number of thiophene rings is 1. The van der Waals surface area contributed by atoms with E-state index in [0.29, 0.717) is 0 Å². The molecule has 2 saturated carbocycles. The first kappa shape index (κ1) is 12.4. The monoisotopic (exact) mass is 276 g/mol. The molecule has 0 radical (unpaired) electrons. The van der Waals surface area contributed by atoms with E-state index >= 15 is 0 Å². The Labute approximate surface area is 120 Å². The van der Waals surface area contributed by atoms with E-state index < -0.39 is 0 Å². The van der Waals surface area contributed by atoms with Gasteiger partial charge in [-0.15, -0.1) is 11.3 Å². The van der Waals surface area contributed by atoms with Crippen molar-refractivity contribution in [2.24, 2.45) is 11.3 Å². The first-order valence-electron chi connectivity index (χ1n) is 7.83. The average molecular weight is 276 g/mol. The first-order chi connectivity index (χ1) is 9.36. The minimum atomic E-state index is 0.744. The third-order valence-electron chi connectivity index (χ3n) is 5.42. The molecule has 2 nitrogen and oxygen atoms in total. The number of hydrogen-bond donors (Lipinski definition) is 1. The topological polar surface area (TPSA) is 15.3 Å². The maximum absolute atomic E-state index is 3.51. The summed E-state index contributed by atoms with van der Waals surface area (Å²) in [7, 11) is 0. The van der Waals surface area contributed by atoms with Crippen molar-refractivity contribution in [2.75, 3.05) is 19.6 Å². The Morgan fingerprint density at radius 1 is 1.32 bits per heavy atom. The first-order valence-corrected chi connectivity index (χ1v) is 8.71. The van der Waals surface area contributed by atoms with E-state index in [1.807, 2.05) is 11.3 Å². The third kappa shape index (κ3) is 2.61. The molecule has 1 aliphatic heterocycles. The summed E-state index contributed by atoms with van der Waals surface area (Å²) in [6.45, 7) is 5.07. The van der Waals surface area contributed by atoms with Crippen LogP contribution in [0.4, 0.5) is 0 Å². The predicted molar refractivity (Wildman–Crippen MR) is 80.4 cm³/mol. The number of nitrogens with one attached hydrogen (secondary N) is 1. The van der Waals surface area contributed by atoms with Gasteiger partial charge in [-0.05, 0) is 68.0 Å². The fraction of sp³-hybridized carbons (Fsp3) is 0.750. The van der Waals surface area contributed by atoms with E-state index in [4.69, 9.17) is 0 Å². The zero-order valence-electron chi connectivity index (χ0n) is 11.6. The molecule has 3 fully saturated rings. The van der Waals surface area contributed by atoms with Gasteiger partial charge in [-0.1, -0.05) is 6.07 Å². The van der Waals surface area contributed by atoms with Crippen molar-refractivity contribution in [3.8, 4) is 0 Å². The third-order valence-corrected chi connectivity index (χ3v) is 6.28. The summed E-state index contributed by atoms with van der Waals surface area (Å²) < 4.78 is 0. The number of nitrogens with zero attached hydrogens (tertiary/aromatic N) is 1. The van der Waals surface area contributed by atoms with Gasteiger partial charge in [0.15, 0.2) is 0 Å². The molecule has 4 rings (SSSR count). The van der Waals surface area contributed by atoms with Crippen LogP contribution in [0.3, 0.4) is 0 Å². The largest absolute Gasteiger partial charge is 0.317 e. The Bertz CT molecular complexity index is 418. The van der Waals surface area contributed by atoms with Crippen LogP contribution in [0.15, 0.2) is 17.5 Å². The minimum absolute atomic E-state index is 0.744. The highest BCUT2D eigenvalue weighted by atomic mass is 32.1. The maximum Gasteiger partial charge on any atom is 0.0330 e. The molecule has 0 bridgehead atoms. The summed E-state index contributed by atoms with van der Waals surface area (Å²) in [5.74, 6) is 0.996. The fourth-order valence-corrected chi connectivity index (χ4v) is 4.62. The van der Waals surface area contributed by atoms with Crippen LogP contribution in [0.5, 0.6) is 0 Å². The molecule has 2 heterocycles. The van der Waals surface area contributed by atoms with Gasteiger partial charge < -0.3 is 5.32 Å². The zero-order valence-corrected chi connectivity index (χ0v) is 12.4. The second kappa shape index (κ2) is 4.87. The summed E-state index contributed by atoms with van der Waals surface area (Å²) in [4.78, 5) is 4.33. The van der Waals surface area contributed by atoms with Gasteiger partial charge in [0, 0.05) is 24.0 Å². The van der Waals surface area contributed by atoms with Crippen molar-refractivity contribution < 1.29 is 0 Å². The summed E-state index contributed by atoms with van der Waals surface area (Å²) in [6, 6.07) is 5.39. The van der Waals surface area contributed by atoms with Gasteiger partial charge in [0.05, 0.1) is 0 Å². The summed E-state index contributed by atoms with van der Waals surface area (Å²) in [6.07, 6.45) is 7.23. The van der Waals surface area contributed by atoms with Crippen molar-refractivity contribution in [2.45, 2.75) is 44.7 Å². The standard InChI is InChI=1S/C16H24N2S/c1-2-15(19-9-1)12-18(14-3-4-14)11-13-10-16(13)5-7-17-8-6-16/h1-2,9,13-14,17H,3-8,10-12H2. The van der Waals surface area contributed by atoms with E-state index in [9.17, 15) is 0 Å². The van der Waals surface area contributed by atoms with Gasteiger partial charge in [0.25, 0.3) is 0 Å². The second-order valence-corrected chi connectivity index (χ2v) is 7.79. The molecule has 1 unspecified atom stereocenters. The van der Waals surface area contributed by atoms with Gasteiger partial charge in [-0.2, -0.15) is 0 Å². The molecule has 3 heteroatoms. The van der Waals surface area contributed by atoms with E-state index in [1.165, 1.54) is 58.3 Å². The van der Waals surface area contributed by atoms with E-state index in [0.717, 1.165) is 17.4 Å². The molecule has 0 aromatic carbocycles. The van der Waals surface area contributed by atoms with Gasteiger partial charge in [0.2, 0.25) is 0 Å². The van der Waals surface area contributed by atoms with Crippen LogP contribution in [0.2, 0.25) is 0 Å². The lowest BCUT2D eigenvalue weighted by atomic mass is 9.92. The molecular weight excluding hydrogens is 252 g/mol. The van der Waals surface area contributed by atoms with Crippen LogP contribution in [0.25, 0.3) is 0 Å². The molecule has 0 amide bonds. The average Bonchev–Trinajstić information content (AvgIpc) is 3.32. The lowest BCUT2D eigenvalue weighted by molar-refractivity contribution is 0.216. The molecule has 1 atom stereocenters. The van der Waals surface area contributed by atoms with Crippen molar-refractivity contribution in [3.05, 3.63) is 22.4 Å². The predicted octanol–water partition coefficient (Wildman–Crippen LogP) is 3.10. The van der Waals surface area contributed by atoms with E-state index in [-0.39, 0.29) is 0 Å². The number of hydrogen-bond acceptors (Lipinski definition) is 3. The zero-order chi connectivity index (χ0) is 12.7. The Morgan fingerprint density at radius 2 is 2.16 bits per heavy atom. The highest BCUT2D eigenvalue weighted by Crippen LogP contribution is 2.59. The van der Waals surface area contributed by atoms with E-state index in [1.54, 1.807) is 4.88 Å². The van der Waals surface area contributed by atoms with Crippen LogP contribution in [0.1, 0.15) is 37.0 Å². The molecule has 19 heavy (non-hydrogen) atoms. The molecule has 1 aromatic heterocycles.